The molecule has 3 heterocycles. The molecule has 2 spiro atoms. The van der Waals surface area contributed by atoms with Crippen LogP contribution in [0.5, 0.6) is 0 Å². The van der Waals surface area contributed by atoms with E-state index in [4.69, 9.17) is 23.7 Å². The molecule has 1 N–H and O–H groups in total. The molecule has 0 aromatic carbocycles. The predicted octanol–water partition coefficient (Wildman–Crippen LogP) is 2.17. The zero-order chi connectivity index (χ0) is 25.7. The van der Waals surface area contributed by atoms with Crippen molar-refractivity contribution < 1.29 is 43.2 Å². The molecule has 3 aliphatic heterocycles. The second kappa shape index (κ2) is 9.11. The quantitative estimate of drug-likeness (QED) is 0.230. The van der Waals surface area contributed by atoms with Crippen LogP contribution in [0.25, 0.3) is 0 Å². The molecule has 5 aliphatic rings. The average Bonchev–Trinajstić information content (AvgIpc) is 3.62. The van der Waals surface area contributed by atoms with Gasteiger partial charge in [-0.05, 0) is 32.1 Å². The molecule has 1 unspecified atom stereocenters. The highest BCUT2D eigenvalue weighted by Gasteiger charge is 2.83. The highest BCUT2D eigenvalue weighted by atomic mass is 16.6. The number of allylic oxidation sites excluding steroid dienone is 3. The van der Waals surface area contributed by atoms with E-state index >= 15 is 0 Å². The summed E-state index contributed by atoms with van der Waals surface area (Å²) < 4.78 is 29.6. The SMILES string of the molecule is CC1=C[C@H]2O[C@H]3C[C@H]4OC(=O)/C=C\C=C\C(=O)OCC[C@@H](C)C(O)C(=O)OC[C@@]2(CC1)[C@@]4(C)[C@]31CO1. The molecule has 2 aliphatic carbocycles. The number of epoxide rings is 1. The van der Waals surface area contributed by atoms with Crippen LogP contribution in [0.4, 0.5) is 0 Å². The maximum absolute atomic E-state index is 12.9. The Kier molecular flexibility index (Phi) is 6.37. The van der Waals surface area contributed by atoms with Crippen molar-refractivity contribution in [2.75, 3.05) is 19.8 Å². The Balaban J connectivity index is 1.52. The number of ether oxygens (including phenoxy) is 5. The van der Waals surface area contributed by atoms with Gasteiger partial charge in [0.25, 0.3) is 0 Å². The minimum absolute atomic E-state index is 0.00000344. The molecule has 2 bridgehead atoms. The Morgan fingerprint density at radius 2 is 1.75 bits per heavy atom. The standard InChI is InChI=1S/C27H34O9/c1-16-8-10-26-14-33-24(31)23(30)17(2)9-11-32-21(28)6-4-5-7-22(29)36-18-13-20(35-19(26)12-16)27(15-34-27)25(18,26)3/h4-7,12,17-20,23,30H,8-11,13-15H2,1-3H3/b6-4+,7-5-/t17-,18-,19-,20+,23?,25+,26-,27+/m1/s1. The first-order valence-electron chi connectivity index (χ1n) is 12.7. The van der Waals surface area contributed by atoms with Gasteiger partial charge in [-0.1, -0.05) is 37.6 Å². The molecule has 9 heteroatoms. The van der Waals surface area contributed by atoms with E-state index in [1.165, 1.54) is 29.9 Å². The van der Waals surface area contributed by atoms with E-state index in [2.05, 4.69) is 19.9 Å². The van der Waals surface area contributed by atoms with Gasteiger partial charge in [-0.2, -0.15) is 0 Å². The van der Waals surface area contributed by atoms with E-state index in [0.717, 1.165) is 6.42 Å². The first-order chi connectivity index (χ1) is 17.1. The summed E-state index contributed by atoms with van der Waals surface area (Å²) in [7, 11) is 0. The molecule has 0 aromatic rings. The summed E-state index contributed by atoms with van der Waals surface area (Å²) >= 11 is 0. The minimum atomic E-state index is -1.37. The van der Waals surface area contributed by atoms with E-state index in [9.17, 15) is 19.5 Å². The summed E-state index contributed by atoms with van der Waals surface area (Å²) in [5.41, 5.74) is -0.820. The molecule has 8 atom stereocenters. The topological polar surface area (TPSA) is 121 Å². The van der Waals surface area contributed by atoms with E-state index < -0.39 is 52.5 Å². The number of aliphatic hydroxyl groups is 1. The van der Waals surface area contributed by atoms with Crippen molar-refractivity contribution in [1.29, 1.82) is 0 Å². The molecule has 9 nitrogen and oxygen atoms in total. The number of hydrogen-bond donors (Lipinski definition) is 1. The van der Waals surface area contributed by atoms with Crippen molar-refractivity contribution in [1.82, 2.24) is 0 Å². The van der Waals surface area contributed by atoms with Crippen molar-refractivity contribution in [2.45, 2.75) is 76.5 Å². The van der Waals surface area contributed by atoms with Gasteiger partial charge in [-0.15, -0.1) is 0 Å². The Hall–Kier alpha value is -2.49. The Labute approximate surface area is 210 Å². The summed E-state index contributed by atoms with van der Waals surface area (Å²) in [4.78, 5) is 37.6. The fourth-order valence-corrected chi connectivity index (χ4v) is 6.65. The van der Waals surface area contributed by atoms with Crippen LogP contribution in [-0.2, 0) is 38.1 Å². The summed E-state index contributed by atoms with van der Waals surface area (Å²) in [6.07, 6.45) is 7.11. The largest absolute Gasteiger partial charge is 0.463 e. The van der Waals surface area contributed by atoms with Crippen LogP contribution in [0.3, 0.4) is 0 Å². The predicted molar refractivity (Wildman–Crippen MR) is 125 cm³/mol. The first kappa shape index (κ1) is 25.2. The van der Waals surface area contributed by atoms with Crippen LogP contribution in [0.1, 0.15) is 46.5 Å². The monoisotopic (exact) mass is 502 g/mol. The maximum atomic E-state index is 12.9. The highest BCUT2D eigenvalue weighted by molar-refractivity contribution is 5.84. The molecule has 3 fully saturated rings. The molecule has 36 heavy (non-hydrogen) atoms. The average molecular weight is 503 g/mol. The summed E-state index contributed by atoms with van der Waals surface area (Å²) in [6, 6.07) is 0. The minimum Gasteiger partial charge on any atom is -0.463 e. The number of carbonyl (C=O) groups excluding carboxylic acids is 3. The normalized spacial score (nSPS) is 46.8. The van der Waals surface area contributed by atoms with Crippen LogP contribution < -0.4 is 0 Å². The number of rotatable bonds is 0. The second-order valence-corrected chi connectivity index (χ2v) is 11.0. The third-order valence-corrected chi connectivity index (χ3v) is 9.12. The zero-order valence-corrected chi connectivity index (χ0v) is 20.9. The van der Waals surface area contributed by atoms with Gasteiger partial charge < -0.3 is 28.8 Å². The summed E-state index contributed by atoms with van der Waals surface area (Å²) in [5.74, 6) is -2.34. The molecule has 2 saturated heterocycles. The van der Waals surface area contributed by atoms with Gasteiger partial charge >= 0.3 is 17.9 Å². The fraction of sp³-hybridized carbons (Fsp3) is 0.667. The molecule has 0 amide bonds. The van der Waals surface area contributed by atoms with Crippen molar-refractivity contribution >= 4 is 17.9 Å². The van der Waals surface area contributed by atoms with Gasteiger partial charge in [0.05, 0.1) is 30.8 Å². The van der Waals surface area contributed by atoms with E-state index in [-0.39, 0.29) is 31.8 Å². The molecule has 1 saturated carbocycles. The Bertz CT molecular complexity index is 1020. The van der Waals surface area contributed by atoms with Gasteiger partial charge in [-0.3, -0.25) is 0 Å². The maximum Gasteiger partial charge on any atom is 0.335 e. The molecule has 196 valence electrons. The van der Waals surface area contributed by atoms with Crippen LogP contribution in [-0.4, -0.2) is 72.9 Å². The van der Waals surface area contributed by atoms with Gasteiger partial charge in [-0.25, -0.2) is 14.4 Å². The van der Waals surface area contributed by atoms with Crippen molar-refractivity contribution in [3.05, 3.63) is 36.0 Å². The molecule has 0 aromatic heterocycles. The number of aliphatic hydroxyl groups excluding tert-OH is 1. The number of esters is 3. The number of hydrogen-bond acceptors (Lipinski definition) is 9. The van der Waals surface area contributed by atoms with Crippen LogP contribution in [0.15, 0.2) is 36.0 Å². The van der Waals surface area contributed by atoms with Gasteiger partial charge in [0.2, 0.25) is 0 Å². The Morgan fingerprint density at radius 3 is 2.47 bits per heavy atom. The second-order valence-electron chi connectivity index (χ2n) is 11.0. The number of carbonyl (C=O) groups is 3. The lowest BCUT2D eigenvalue weighted by molar-refractivity contribution is -0.234. The highest BCUT2D eigenvalue weighted by Crippen LogP contribution is 2.72. The molecule has 5 rings (SSSR count). The van der Waals surface area contributed by atoms with Crippen molar-refractivity contribution in [2.24, 2.45) is 16.7 Å². The third-order valence-electron chi connectivity index (χ3n) is 9.12. The molecule has 0 radical (unpaired) electrons. The van der Waals surface area contributed by atoms with Crippen LogP contribution >= 0.6 is 0 Å². The van der Waals surface area contributed by atoms with Crippen molar-refractivity contribution in [3.8, 4) is 0 Å². The first-order valence-corrected chi connectivity index (χ1v) is 12.7. The van der Waals surface area contributed by atoms with Crippen molar-refractivity contribution in [3.63, 3.8) is 0 Å². The Morgan fingerprint density at radius 1 is 1.03 bits per heavy atom. The molecular formula is C27H34O9. The lowest BCUT2D eigenvalue weighted by Crippen LogP contribution is -2.66. The zero-order valence-electron chi connectivity index (χ0n) is 20.9. The summed E-state index contributed by atoms with van der Waals surface area (Å²) in [5, 5.41) is 10.6. The summed E-state index contributed by atoms with van der Waals surface area (Å²) in [6.45, 7) is 6.34. The van der Waals surface area contributed by atoms with E-state index in [1.807, 2.05) is 0 Å². The molecular weight excluding hydrogens is 468 g/mol. The lowest BCUT2D eigenvalue weighted by atomic mass is 9.51. The van der Waals surface area contributed by atoms with Gasteiger partial charge in [0, 0.05) is 24.0 Å². The van der Waals surface area contributed by atoms with Crippen LogP contribution in [0, 0.1) is 16.7 Å². The third kappa shape index (κ3) is 3.83. The fourth-order valence-electron chi connectivity index (χ4n) is 6.65. The van der Waals surface area contributed by atoms with E-state index in [1.54, 1.807) is 6.92 Å². The lowest BCUT2D eigenvalue weighted by Gasteiger charge is -2.58. The van der Waals surface area contributed by atoms with Gasteiger partial charge in [0.1, 0.15) is 18.3 Å². The van der Waals surface area contributed by atoms with Crippen LogP contribution in [0.2, 0.25) is 0 Å². The number of cyclic esters (lactones) is 2. The smallest absolute Gasteiger partial charge is 0.335 e. The van der Waals surface area contributed by atoms with Gasteiger partial charge in [0.15, 0.2) is 6.10 Å². The van der Waals surface area contributed by atoms with E-state index in [0.29, 0.717) is 19.4 Å².